The van der Waals surface area contributed by atoms with E-state index >= 15 is 0 Å². The van der Waals surface area contributed by atoms with Gasteiger partial charge in [0.15, 0.2) is 5.82 Å². The lowest BCUT2D eigenvalue weighted by molar-refractivity contribution is 0.524. The summed E-state index contributed by atoms with van der Waals surface area (Å²) in [4.78, 5) is 0. The minimum Gasteiger partial charge on any atom is -0.294 e. The van der Waals surface area contributed by atoms with Crippen molar-refractivity contribution >= 4 is 44.2 Å². The molecule has 6 nitrogen and oxygen atoms in total. The molecule has 2 N–H and O–H groups in total. The summed E-state index contributed by atoms with van der Waals surface area (Å²) in [6, 6.07) is 5.14. The van der Waals surface area contributed by atoms with Crippen LogP contribution in [0.5, 0.6) is 0 Å². The van der Waals surface area contributed by atoms with E-state index in [4.69, 9.17) is 16.7 Å². The standard InChI is InChI=1S/C11H12ClIN4O2S/c1-6(2)17-10(15-16-11(17)20(14,18)19)8-5-7(12)3-4-9(8)13/h3-6H,1-2H3,(H2,14,18,19). The van der Waals surface area contributed by atoms with Gasteiger partial charge >= 0.3 is 0 Å². The van der Waals surface area contributed by atoms with Gasteiger partial charge in [0.05, 0.1) is 0 Å². The highest BCUT2D eigenvalue weighted by Gasteiger charge is 2.24. The van der Waals surface area contributed by atoms with Crippen LogP contribution in [0.2, 0.25) is 5.02 Å². The Hall–Kier alpha value is -0.710. The summed E-state index contributed by atoms with van der Waals surface area (Å²) in [5.74, 6) is 0.427. The van der Waals surface area contributed by atoms with Crippen molar-refractivity contribution in [3.63, 3.8) is 0 Å². The number of nitrogens with zero attached hydrogens (tertiary/aromatic N) is 3. The number of sulfonamides is 1. The van der Waals surface area contributed by atoms with Crippen LogP contribution in [0.3, 0.4) is 0 Å². The number of benzene rings is 1. The molecule has 2 aromatic rings. The predicted molar refractivity (Wildman–Crippen MR) is 84.9 cm³/mol. The third-order valence-electron chi connectivity index (χ3n) is 2.60. The summed E-state index contributed by atoms with van der Waals surface area (Å²) in [7, 11) is -3.93. The van der Waals surface area contributed by atoms with E-state index in [9.17, 15) is 8.42 Å². The minimum absolute atomic E-state index is 0.164. The maximum atomic E-state index is 11.6. The van der Waals surface area contributed by atoms with Gasteiger partial charge in [0.2, 0.25) is 0 Å². The van der Waals surface area contributed by atoms with E-state index < -0.39 is 10.0 Å². The fourth-order valence-electron chi connectivity index (χ4n) is 1.79. The SMILES string of the molecule is CC(C)n1c(-c2cc(Cl)ccc2I)nnc1S(N)(=O)=O. The Morgan fingerprint density at radius 3 is 2.55 bits per heavy atom. The Bertz CT molecular complexity index is 758. The molecule has 0 aliphatic carbocycles. The van der Waals surface area contributed by atoms with Crippen LogP contribution in [0.4, 0.5) is 0 Å². The van der Waals surface area contributed by atoms with E-state index in [2.05, 4.69) is 32.8 Å². The van der Waals surface area contributed by atoms with Gasteiger partial charge in [-0.2, -0.15) is 0 Å². The summed E-state index contributed by atoms with van der Waals surface area (Å²) >= 11 is 8.12. The second kappa shape index (κ2) is 5.58. The van der Waals surface area contributed by atoms with Crippen molar-refractivity contribution in [2.45, 2.75) is 25.0 Å². The molecule has 108 valence electrons. The third-order valence-corrected chi connectivity index (χ3v) is 4.57. The van der Waals surface area contributed by atoms with Gasteiger partial charge in [-0.1, -0.05) is 11.6 Å². The first-order valence-electron chi connectivity index (χ1n) is 5.65. The second-order valence-electron chi connectivity index (χ2n) is 4.44. The zero-order valence-electron chi connectivity index (χ0n) is 10.7. The first-order chi connectivity index (χ1) is 9.21. The number of nitrogens with two attached hydrogens (primary N) is 1. The van der Waals surface area contributed by atoms with Crippen LogP contribution < -0.4 is 5.14 Å². The van der Waals surface area contributed by atoms with Gasteiger partial charge in [0.25, 0.3) is 15.2 Å². The molecular formula is C11H12ClIN4O2S. The van der Waals surface area contributed by atoms with E-state index in [1.165, 1.54) is 4.57 Å². The van der Waals surface area contributed by atoms with Crippen LogP contribution >= 0.6 is 34.2 Å². The molecule has 0 bridgehead atoms. The first kappa shape index (κ1) is 15.7. The number of primary sulfonamides is 1. The van der Waals surface area contributed by atoms with Crippen molar-refractivity contribution in [2.75, 3.05) is 0 Å². The molecule has 0 aliphatic rings. The highest BCUT2D eigenvalue weighted by molar-refractivity contribution is 14.1. The summed E-state index contributed by atoms with van der Waals surface area (Å²) in [6.45, 7) is 3.66. The normalized spacial score (nSPS) is 12.1. The topological polar surface area (TPSA) is 90.9 Å². The largest absolute Gasteiger partial charge is 0.294 e. The average Bonchev–Trinajstić information content (AvgIpc) is 2.76. The highest BCUT2D eigenvalue weighted by atomic mass is 127. The lowest BCUT2D eigenvalue weighted by atomic mass is 10.2. The Labute approximate surface area is 135 Å². The van der Waals surface area contributed by atoms with Gasteiger partial charge in [-0.3, -0.25) is 4.57 Å². The lowest BCUT2D eigenvalue weighted by Crippen LogP contribution is -2.20. The van der Waals surface area contributed by atoms with E-state index in [1.54, 1.807) is 12.1 Å². The molecular weight excluding hydrogens is 415 g/mol. The molecule has 0 spiro atoms. The van der Waals surface area contributed by atoms with E-state index in [0.29, 0.717) is 16.4 Å². The zero-order chi connectivity index (χ0) is 15.1. The number of halogens is 2. The van der Waals surface area contributed by atoms with Gasteiger partial charge in [0, 0.05) is 20.2 Å². The fourth-order valence-corrected chi connectivity index (χ4v) is 3.26. The van der Waals surface area contributed by atoms with Crippen LogP contribution in [-0.4, -0.2) is 23.2 Å². The van der Waals surface area contributed by atoms with E-state index in [0.717, 1.165) is 3.57 Å². The van der Waals surface area contributed by atoms with Crippen molar-refractivity contribution in [1.82, 2.24) is 14.8 Å². The number of hydrogen-bond acceptors (Lipinski definition) is 4. The predicted octanol–water partition coefficient (Wildman–Crippen LogP) is 2.43. The fraction of sp³-hybridized carbons (Fsp3) is 0.273. The Morgan fingerprint density at radius 2 is 2.00 bits per heavy atom. The Balaban J connectivity index is 2.76. The molecule has 1 aromatic heterocycles. The molecule has 0 fully saturated rings. The summed E-state index contributed by atoms with van der Waals surface area (Å²) in [5.41, 5.74) is 0.717. The third kappa shape index (κ3) is 2.97. The summed E-state index contributed by atoms with van der Waals surface area (Å²) in [5, 5.41) is 13.1. The highest BCUT2D eigenvalue weighted by Crippen LogP contribution is 2.30. The quantitative estimate of drug-likeness (QED) is 0.763. The molecule has 20 heavy (non-hydrogen) atoms. The van der Waals surface area contributed by atoms with Crippen LogP contribution in [0.25, 0.3) is 11.4 Å². The number of aromatic nitrogens is 3. The average molecular weight is 427 g/mol. The van der Waals surface area contributed by atoms with Gasteiger partial charge in [0.1, 0.15) is 0 Å². The molecule has 1 aromatic carbocycles. The van der Waals surface area contributed by atoms with Gasteiger partial charge < -0.3 is 0 Å². The number of rotatable bonds is 3. The molecule has 0 aliphatic heterocycles. The minimum atomic E-state index is -3.93. The molecule has 9 heteroatoms. The van der Waals surface area contributed by atoms with Crippen LogP contribution in [0.15, 0.2) is 23.4 Å². The molecule has 0 atom stereocenters. The van der Waals surface area contributed by atoms with Crippen molar-refractivity contribution in [3.8, 4) is 11.4 Å². The molecule has 0 saturated heterocycles. The van der Waals surface area contributed by atoms with Gasteiger partial charge in [-0.05, 0) is 54.6 Å². The van der Waals surface area contributed by atoms with Crippen LogP contribution in [0.1, 0.15) is 19.9 Å². The van der Waals surface area contributed by atoms with E-state index in [1.807, 2.05) is 19.9 Å². The monoisotopic (exact) mass is 426 g/mol. The van der Waals surface area contributed by atoms with Crippen molar-refractivity contribution in [1.29, 1.82) is 0 Å². The zero-order valence-corrected chi connectivity index (χ0v) is 14.4. The molecule has 0 radical (unpaired) electrons. The summed E-state index contributed by atoms with van der Waals surface area (Å²) < 4.78 is 25.5. The smallest absolute Gasteiger partial charge is 0.273 e. The first-order valence-corrected chi connectivity index (χ1v) is 8.65. The lowest BCUT2D eigenvalue weighted by Gasteiger charge is -2.13. The maximum Gasteiger partial charge on any atom is 0.273 e. The van der Waals surface area contributed by atoms with Gasteiger partial charge in [-0.15, -0.1) is 10.2 Å². The molecule has 2 rings (SSSR count). The van der Waals surface area contributed by atoms with Crippen molar-refractivity contribution in [2.24, 2.45) is 5.14 Å². The van der Waals surface area contributed by atoms with Crippen LogP contribution in [-0.2, 0) is 10.0 Å². The molecule has 1 heterocycles. The number of hydrogen-bond donors (Lipinski definition) is 1. The summed E-state index contributed by atoms with van der Waals surface area (Å²) in [6.07, 6.45) is 0. The van der Waals surface area contributed by atoms with Crippen LogP contribution in [0, 0.1) is 3.57 Å². The van der Waals surface area contributed by atoms with E-state index in [-0.39, 0.29) is 11.2 Å². The van der Waals surface area contributed by atoms with Crippen molar-refractivity contribution < 1.29 is 8.42 Å². The molecule has 0 amide bonds. The Kier molecular flexibility index (Phi) is 4.38. The Morgan fingerprint density at radius 1 is 1.35 bits per heavy atom. The van der Waals surface area contributed by atoms with Gasteiger partial charge in [-0.25, -0.2) is 13.6 Å². The molecule has 0 saturated carbocycles. The van der Waals surface area contributed by atoms with Crippen molar-refractivity contribution in [3.05, 3.63) is 26.8 Å². The second-order valence-corrected chi connectivity index (χ2v) is 7.49. The molecule has 0 unspecified atom stereocenters. The maximum absolute atomic E-state index is 11.6.